The van der Waals surface area contributed by atoms with E-state index in [9.17, 15) is 19.2 Å². The van der Waals surface area contributed by atoms with Gasteiger partial charge in [0.1, 0.15) is 5.75 Å². The molecule has 3 aromatic carbocycles. The van der Waals surface area contributed by atoms with Gasteiger partial charge in [-0.2, -0.15) is 0 Å². The molecule has 228 valence electrons. The molecule has 8 rings (SSSR count). The molecule has 4 unspecified atom stereocenters. The van der Waals surface area contributed by atoms with Gasteiger partial charge in [-0.15, -0.1) is 11.8 Å². The Balaban J connectivity index is 1.13. The highest BCUT2D eigenvalue weighted by Gasteiger charge is 2.69. The van der Waals surface area contributed by atoms with Crippen molar-refractivity contribution in [3.63, 3.8) is 0 Å². The summed E-state index contributed by atoms with van der Waals surface area (Å²) in [5, 5.41) is 3.81. The summed E-state index contributed by atoms with van der Waals surface area (Å²) in [6.45, 7) is 1.76. The summed E-state index contributed by atoms with van der Waals surface area (Å²) in [7, 11) is 0. The van der Waals surface area contributed by atoms with Gasteiger partial charge in [0.15, 0.2) is 6.61 Å². The number of ether oxygens (including phenoxy) is 1. The largest absolute Gasteiger partial charge is 0.483 e. The minimum absolute atomic E-state index is 0.0129. The Labute approximate surface area is 275 Å². The number of hydrogen-bond donors (Lipinski definition) is 2. The molecule has 11 heteroatoms. The zero-order valence-corrected chi connectivity index (χ0v) is 27.3. The number of halogens is 1. The predicted octanol–water partition coefficient (Wildman–Crippen LogP) is 6.20. The molecule has 8 nitrogen and oxygen atoms in total. The highest BCUT2D eigenvalue weighted by molar-refractivity contribution is 9.10. The number of thiazole rings is 1. The summed E-state index contributed by atoms with van der Waals surface area (Å²) in [5.74, 6) is -0.931. The molecule has 4 aromatic rings. The number of aromatic amines is 1. The molecule has 2 aliphatic carbocycles. The van der Waals surface area contributed by atoms with Crippen LogP contribution >= 0.6 is 39.0 Å². The van der Waals surface area contributed by atoms with Crippen molar-refractivity contribution < 1.29 is 19.1 Å². The number of rotatable bonds is 6. The summed E-state index contributed by atoms with van der Waals surface area (Å²) >= 11 is 6.29. The van der Waals surface area contributed by atoms with Crippen LogP contribution in [0.5, 0.6) is 5.75 Å². The third-order valence-electron chi connectivity index (χ3n) is 9.84. The van der Waals surface area contributed by atoms with Gasteiger partial charge in [0.2, 0.25) is 11.8 Å². The van der Waals surface area contributed by atoms with E-state index in [1.54, 1.807) is 23.9 Å². The number of carbonyl (C=O) groups is 3. The lowest BCUT2D eigenvalue weighted by Crippen LogP contribution is -2.42. The monoisotopic (exact) mass is 701 g/mol. The standard InChI is InChI=1S/C34H28BrN3O5S2/c1-16-6-2-4-8-22(16)36-24(39)15-43-23-9-5-3-7-19(23)25-26-20-14-21(29(26)44-31-30(25)45-34(42)37-31)28-27(20)32(40)38(33(28)41)18-12-10-17(35)11-13-18/h2-13,20-21,25-29H,14-15H2,1H3,(H,36,39)(H,37,42)/t20-,21-,25-,26?,27?,28?,29?/m1/s1. The molecule has 3 amide bonds. The quantitative estimate of drug-likeness (QED) is 0.232. The zero-order chi connectivity index (χ0) is 31.0. The molecule has 2 N–H and O–H groups in total. The van der Waals surface area contributed by atoms with Crippen LogP contribution in [0.4, 0.5) is 11.4 Å². The van der Waals surface area contributed by atoms with Crippen molar-refractivity contribution in [3.05, 3.63) is 103 Å². The maximum Gasteiger partial charge on any atom is 0.305 e. The van der Waals surface area contributed by atoms with Crippen molar-refractivity contribution in [2.75, 3.05) is 16.8 Å². The molecule has 0 radical (unpaired) electrons. The topological polar surface area (TPSA) is 109 Å². The normalized spacial score (nSPS) is 27.7. The van der Waals surface area contributed by atoms with Gasteiger partial charge in [-0.3, -0.25) is 24.1 Å². The van der Waals surface area contributed by atoms with Gasteiger partial charge in [0, 0.05) is 31.8 Å². The maximum atomic E-state index is 14.0. The molecule has 0 spiro atoms. The molecule has 4 aliphatic rings. The van der Waals surface area contributed by atoms with Gasteiger partial charge >= 0.3 is 4.87 Å². The number of nitrogens with zero attached hydrogens (tertiary/aromatic N) is 1. The number of aromatic nitrogens is 1. The number of nitrogens with one attached hydrogen (secondary N) is 2. The first-order valence-electron chi connectivity index (χ1n) is 14.9. The highest BCUT2D eigenvalue weighted by Crippen LogP contribution is 2.69. The molecular formula is C34H28BrN3O5S2. The second kappa shape index (κ2) is 11.0. The molecule has 2 bridgehead atoms. The summed E-state index contributed by atoms with van der Waals surface area (Å²) in [6, 6.07) is 22.5. The second-order valence-electron chi connectivity index (χ2n) is 12.1. The number of amides is 3. The lowest BCUT2D eigenvalue weighted by atomic mass is 9.68. The number of H-pyrrole nitrogens is 1. The number of fused-ring (bicyclic) bond motifs is 9. The van der Waals surface area contributed by atoms with E-state index < -0.39 is 5.92 Å². The van der Waals surface area contributed by atoms with Gasteiger partial charge in [-0.1, -0.05) is 63.7 Å². The average Bonchev–Trinajstić information content (AvgIpc) is 3.77. The van der Waals surface area contributed by atoms with E-state index in [-0.39, 0.29) is 64.0 Å². The number of aryl methyl sites for hydroxylation is 1. The number of para-hydroxylation sites is 2. The number of carbonyl (C=O) groups excluding carboxylic acids is 3. The van der Waals surface area contributed by atoms with Crippen LogP contribution in [0.15, 0.2) is 87.1 Å². The van der Waals surface area contributed by atoms with Crippen LogP contribution in [0.3, 0.4) is 0 Å². The number of thioether (sulfide) groups is 1. The van der Waals surface area contributed by atoms with Gasteiger partial charge in [-0.05, 0) is 73.1 Å². The smallest absolute Gasteiger partial charge is 0.305 e. The molecule has 1 aromatic heterocycles. The summed E-state index contributed by atoms with van der Waals surface area (Å²) in [5.41, 5.74) is 3.18. The third-order valence-corrected chi connectivity index (χ3v) is 13.0. The Morgan fingerprint density at radius 1 is 0.978 bits per heavy atom. The molecule has 2 saturated carbocycles. The van der Waals surface area contributed by atoms with Crippen molar-refractivity contribution in [2.45, 2.75) is 29.5 Å². The van der Waals surface area contributed by atoms with Crippen molar-refractivity contribution >= 4 is 68.1 Å². The van der Waals surface area contributed by atoms with Crippen LogP contribution in [0.25, 0.3) is 0 Å². The minimum atomic E-state index is -0.402. The van der Waals surface area contributed by atoms with Crippen LogP contribution in [-0.4, -0.2) is 34.6 Å². The van der Waals surface area contributed by atoms with E-state index in [0.29, 0.717) is 11.4 Å². The van der Waals surface area contributed by atoms with E-state index in [1.807, 2.05) is 67.6 Å². The summed E-state index contributed by atoms with van der Waals surface area (Å²) < 4.78 is 7.07. The van der Waals surface area contributed by atoms with E-state index >= 15 is 0 Å². The lowest BCUT2D eigenvalue weighted by molar-refractivity contribution is -0.123. The van der Waals surface area contributed by atoms with Crippen LogP contribution in [0.1, 0.15) is 28.3 Å². The molecule has 1 saturated heterocycles. The van der Waals surface area contributed by atoms with Crippen molar-refractivity contribution in [1.29, 1.82) is 0 Å². The van der Waals surface area contributed by atoms with Crippen LogP contribution < -0.4 is 19.8 Å². The van der Waals surface area contributed by atoms with Crippen molar-refractivity contribution in [3.8, 4) is 5.75 Å². The SMILES string of the molecule is Cc1ccccc1NC(=O)COc1ccccc1[C@H]1c2sc(=O)[nH]c2SC2C1[C@H]1C[C@@H]2C2C(=O)N(c3ccc(Br)cc3)C(=O)C21. The number of anilines is 2. The third kappa shape index (κ3) is 4.61. The molecule has 3 heterocycles. The Kier molecular flexibility index (Phi) is 7.03. The van der Waals surface area contributed by atoms with E-state index in [0.717, 1.165) is 37.6 Å². The van der Waals surface area contributed by atoms with Gasteiger partial charge in [0.05, 0.1) is 22.5 Å². The summed E-state index contributed by atoms with van der Waals surface area (Å²) in [4.78, 5) is 58.7. The zero-order valence-electron chi connectivity index (χ0n) is 24.1. The number of benzene rings is 3. The van der Waals surface area contributed by atoms with Crippen LogP contribution in [0.2, 0.25) is 0 Å². The number of imide groups is 1. The molecule has 7 atom stereocenters. The van der Waals surface area contributed by atoms with E-state index in [1.165, 1.54) is 16.2 Å². The predicted molar refractivity (Wildman–Crippen MR) is 177 cm³/mol. The molecule has 2 aliphatic heterocycles. The fourth-order valence-electron chi connectivity index (χ4n) is 8.12. The Hall–Kier alpha value is -3.67. The van der Waals surface area contributed by atoms with Gasteiger partial charge < -0.3 is 15.0 Å². The van der Waals surface area contributed by atoms with Gasteiger partial charge in [0.25, 0.3) is 5.91 Å². The Bertz CT molecular complexity index is 1920. The average molecular weight is 703 g/mol. The first-order chi connectivity index (χ1) is 21.8. The fourth-order valence-corrected chi connectivity index (χ4v) is 11.3. The van der Waals surface area contributed by atoms with Crippen LogP contribution in [0, 0.1) is 36.5 Å². The minimum Gasteiger partial charge on any atom is -0.483 e. The van der Waals surface area contributed by atoms with Gasteiger partial charge in [-0.25, -0.2) is 0 Å². The van der Waals surface area contributed by atoms with Crippen LogP contribution in [-0.2, 0) is 14.4 Å². The van der Waals surface area contributed by atoms with E-state index in [4.69, 9.17) is 4.74 Å². The lowest BCUT2D eigenvalue weighted by Gasteiger charge is -2.43. The van der Waals surface area contributed by atoms with Crippen molar-refractivity contribution in [2.24, 2.45) is 29.6 Å². The Morgan fingerprint density at radius 3 is 2.47 bits per heavy atom. The fraction of sp³-hybridized carbons (Fsp3) is 0.294. The maximum absolute atomic E-state index is 14.0. The highest BCUT2D eigenvalue weighted by atomic mass is 79.9. The van der Waals surface area contributed by atoms with Crippen molar-refractivity contribution in [1.82, 2.24) is 4.98 Å². The molecule has 45 heavy (non-hydrogen) atoms. The Morgan fingerprint density at radius 2 is 1.69 bits per heavy atom. The first-order valence-corrected chi connectivity index (χ1v) is 17.4. The first kappa shape index (κ1) is 28.8. The molecular weight excluding hydrogens is 674 g/mol. The number of hydrogen-bond acceptors (Lipinski definition) is 7. The summed E-state index contributed by atoms with van der Waals surface area (Å²) in [6.07, 6.45) is 0.793. The molecule has 3 fully saturated rings. The van der Waals surface area contributed by atoms with E-state index in [2.05, 4.69) is 26.2 Å². The second-order valence-corrected chi connectivity index (χ2v) is 15.3.